The van der Waals surface area contributed by atoms with Gasteiger partial charge in [0.15, 0.2) is 0 Å². The van der Waals surface area contributed by atoms with Gasteiger partial charge < -0.3 is 14.8 Å². The molecular formula is C21H27N3O2. The molecule has 2 aromatic rings. The smallest absolute Gasteiger partial charge is 0.239 e. The number of anilines is 1. The second kappa shape index (κ2) is 8.57. The summed E-state index contributed by atoms with van der Waals surface area (Å²) in [5.41, 5.74) is 3.87. The molecule has 0 fully saturated rings. The van der Waals surface area contributed by atoms with Gasteiger partial charge in [0.05, 0.1) is 12.8 Å². The number of nitrogens with zero attached hydrogens (tertiary/aromatic N) is 2. The summed E-state index contributed by atoms with van der Waals surface area (Å²) in [6.07, 6.45) is 1.96. The summed E-state index contributed by atoms with van der Waals surface area (Å²) in [5.74, 6) is 1.81. The van der Waals surface area contributed by atoms with Crippen LogP contribution in [0, 0.1) is 32.1 Å². The highest BCUT2D eigenvalue weighted by Crippen LogP contribution is 2.35. The zero-order chi connectivity index (χ0) is 19.3. The van der Waals surface area contributed by atoms with E-state index < -0.39 is 0 Å². The normalized spacial score (nSPS) is 10.5. The van der Waals surface area contributed by atoms with Crippen LogP contribution in [-0.2, 0) is 0 Å². The highest BCUT2D eigenvalue weighted by atomic mass is 16.5. The van der Waals surface area contributed by atoms with Crippen molar-refractivity contribution >= 4 is 5.69 Å². The molecule has 5 heteroatoms. The van der Waals surface area contributed by atoms with E-state index in [1.807, 2.05) is 39.0 Å². The van der Waals surface area contributed by atoms with Crippen molar-refractivity contribution in [1.82, 2.24) is 4.98 Å². The van der Waals surface area contributed by atoms with Crippen LogP contribution in [0.25, 0.3) is 0 Å². The van der Waals surface area contributed by atoms with E-state index in [0.717, 1.165) is 41.1 Å². The fraction of sp³-hybridized carbons (Fsp3) is 0.429. The van der Waals surface area contributed by atoms with Crippen molar-refractivity contribution in [3.63, 3.8) is 0 Å². The minimum absolute atomic E-state index is 0.307. The minimum atomic E-state index is 0.307. The predicted octanol–water partition coefficient (Wildman–Crippen LogP) is 5.28. The number of methoxy groups -OCH3 is 1. The van der Waals surface area contributed by atoms with Gasteiger partial charge in [-0.05, 0) is 62.9 Å². The van der Waals surface area contributed by atoms with Crippen LogP contribution in [-0.4, -0.2) is 18.1 Å². The molecule has 0 aliphatic heterocycles. The Balaban J connectivity index is 2.47. The van der Waals surface area contributed by atoms with E-state index in [1.165, 1.54) is 0 Å². The van der Waals surface area contributed by atoms with Gasteiger partial charge in [-0.3, -0.25) is 0 Å². The van der Waals surface area contributed by atoms with E-state index in [0.29, 0.717) is 23.2 Å². The van der Waals surface area contributed by atoms with Crippen molar-refractivity contribution in [3.8, 4) is 23.4 Å². The molecule has 138 valence electrons. The van der Waals surface area contributed by atoms with E-state index in [2.05, 4.69) is 30.2 Å². The zero-order valence-corrected chi connectivity index (χ0v) is 16.4. The predicted molar refractivity (Wildman–Crippen MR) is 104 cm³/mol. The van der Waals surface area contributed by atoms with Gasteiger partial charge >= 0.3 is 0 Å². The summed E-state index contributed by atoms with van der Waals surface area (Å²) in [7, 11) is 1.64. The van der Waals surface area contributed by atoms with Crippen LogP contribution in [0.5, 0.6) is 17.4 Å². The molecule has 0 saturated carbocycles. The summed E-state index contributed by atoms with van der Waals surface area (Å²) in [6, 6.07) is 8.28. The Labute approximate surface area is 156 Å². The van der Waals surface area contributed by atoms with Crippen molar-refractivity contribution in [2.75, 3.05) is 12.4 Å². The van der Waals surface area contributed by atoms with Gasteiger partial charge in [0.2, 0.25) is 5.88 Å². The first kappa shape index (κ1) is 19.6. The molecule has 1 aromatic heterocycles. The molecule has 0 amide bonds. The number of hydrogen-bond acceptors (Lipinski definition) is 5. The first-order valence-corrected chi connectivity index (χ1v) is 8.94. The molecule has 1 N–H and O–H groups in total. The van der Waals surface area contributed by atoms with Gasteiger partial charge in [-0.25, -0.2) is 4.98 Å². The number of ether oxygens (including phenoxy) is 2. The molecule has 0 spiro atoms. The fourth-order valence-electron chi connectivity index (χ4n) is 2.94. The lowest BCUT2D eigenvalue weighted by Gasteiger charge is -2.20. The lowest BCUT2D eigenvalue weighted by Crippen LogP contribution is -2.18. The Hall–Kier alpha value is -2.74. The molecule has 5 nitrogen and oxygen atoms in total. The summed E-state index contributed by atoms with van der Waals surface area (Å²) in [5, 5.41) is 13.2. The van der Waals surface area contributed by atoms with Gasteiger partial charge in [0.1, 0.15) is 23.1 Å². The zero-order valence-electron chi connectivity index (χ0n) is 16.4. The van der Waals surface area contributed by atoms with E-state index in [4.69, 9.17) is 9.47 Å². The number of nitriles is 1. The highest BCUT2D eigenvalue weighted by molar-refractivity contribution is 5.63. The lowest BCUT2D eigenvalue weighted by atomic mass is 10.1. The van der Waals surface area contributed by atoms with Crippen LogP contribution in [0.3, 0.4) is 0 Å². The van der Waals surface area contributed by atoms with Crippen LogP contribution < -0.4 is 14.8 Å². The van der Waals surface area contributed by atoms with Crippen LogP contribution in [0.2, 0.25) is 0 Å². The fourth-order valence-corrected chi connectivity index (χ4v) is 2.94. The molecule has 0 radical (unpaired) electrons. The molecule has 26 heavy (non-hydrogen) atoms. The van der Waals surface area contributed by atoms with Gasteiger partial charge in [0.25, 0.3) is 0 Å². The molecule has 0 unspecified atom stereocenters. The Morgan fingerprint density at radius 1 is 1.12 bits per heavy atom. The number of hydrogen-bond donors (Lipinski definition) is 1. The molecule has 1 aromatic carbocycles. The third-order valence-electron chi connectivity index (χ3n) is 4.44. The average molecular weight is 353 g/mol. The Morgan fingerprint density at radius 2 is 1.73 bits per heavy atom. The first-order valence-electron chi connectivity index (χ1n) is 8.94. The molecule has 0 aliphatic rings. The van der Waals surface area contributed by atoms with E-state index in [9.17, 15) is 5.26 Å². The second-order valence-electron chi connectivity index (χ2n) is 6.45. The number of rotatable bonds is 7. The van der Waals surface area contributed by atoms with Crippen LogP contribution in [0.1, 0.15) is 49.1 Å². The molecule has 0 atom stereocenters. The maximum atomic E-state index is 9.72. The Bertz CT molecular complexity index is 798. The molecule has 0 bridgehead atoms. The number of aromatic nitrogens is 1. The minimum Gasteiger partial charge on any atom is -0.497 e. The van der Waals surface area contributed by atoms with Crippen LogP contribution in [0.4, 0.5) is 5.69 Å². The van der Waals surface area contributed by atoms with E-state index >= 15 is 0 Å². The Kier molecular flexibility index (Phi) is 6.46. The average Bonchev–Trinajstić information content (AvgIpc) is 2.62. The van der Waals surface area contributed by atoms with Gasteiger partial charge in [-0.2, -0.15) is 5.26 Å². The molecule has 1 heterocycles. The van der Waals surface area contributed by atoms with Crippen molar-refractivity contribution in [2.24, 2.45) is 0 Å². The third-order valence-corrected chi connectivity index (χ3v) is 4.44. The maximum Gasteiger partial charge on any atom is 0.239 e. The van der Waals surface area contributed by atoms with E-state index in [-0.39, 0.29) is 0 Å². The standard InChI is InChI=1S/C21H27N3O2/c1-7-16(8-2)24-19-11-15(5)23-21(18(19)12-22)26-20-13(3)9-17(25-6)10-14(20)4/h9-11,16H,7-8H2,1-6H3,(H,23,24). The van der Waals surface area contributed by atoms with Crippen molar-refractivity contribution in [2.45, 2.75) is 53.5 Å². The number of pyridine rings is 1. The third kappa shape index (κ3) is 4.26. The van der Waals surface area contributed by atoms with Crippen molar-refractivity contribution in [3.05, 3.63) is 40.6 Å². The first-order chi connectivity index (χ1) is 12.4. The number of nitrogens with one attached hydrogen (secondary N) is 1. The molecular weight excluding hydrogens is 326 g/mol. The van der Waals surface area contributed by atoms with Crippen LogP contribution in [0.15, 0.2) is 18.2 Å². The van der Waals surface area contributed by atoms with E-state index in [1.54, 1.807) is 7.11 Å². The Morgan fingerprint density at radius 3 is 2.23 bits per heavy atom. The maximum absolute atomic E-state index is 9.72. The summed E-state index contributed by atoms with van der Waals surface area (Å²) in [4.78, 5) is 4.47. The molecule has 2 rings (SSSR count). The number of aryl methyl sites for hydroxylation is 3. The SMILES string of the molecule is CCC(CC)Nc1cc(C)nc(Oc2c(C)cc(OC)cc2C)c1C#N. The highest BCUT2D eigenvalue weighted by Gasteiger charge is 2.17. The van der Waals surface area contributed by atoms with Crippen LogP contribution >= 0.6 is 0 Å². The van der Waals surface area contributed by atoms with Crippen molar-refractivity contribution in [1.29, 1.82) is 5.26 Å². The number of benzene rings is 1. The summed E-state index contributed by atoms with van der Waals surface area (Å²) >= 11 is 0. The summed E-state index contributed by atoms with van der Waals surface area (Å²) in [6.45, 7) is 10.1. The molecule has 0 saturated heterocycles. The topological polar surface area (TPSA) is 67.2 Å². The lowest BCUT2D eigenvalue weighted by molar-refractivity contribution is 0.410. The largest absolute Gasteiger partial charge is 0.497 e. The van der Waals surface area contributed by atoms with Gasteiger partial charge in [-0.1, -0.05) is 13.8 Å². The van der Waals surface area contributed by atoms with Gasteiger partial charge in [-0.15, -0.1) is 0 Å². The second-order valence-corrected chi connectivity index (χ2v) is 6.45. The summed E-state index contributed by atoms with van der Waals surface area (Å²) < 4.78 is 11.4. The van der Waals surface area contributed by atoms with Gasteiger partial charge in [0, 0.05) is 11.7 Å². The quantitative estimate of drug-likeness (QED) is 0.733. The monoisotopic (exact) mass is 353 g/mol. The molecule has 0 aliphatic carbocycles. The van der Waals surface area contributed by atoms with Crippen molar-refractivity contribution < 1.29 is 9.47 Å².